The van der Waals surface area contributed by atoms with E-state index >= 15 is 0 Å². The van der Waals surface area contributed by atoms with E-state index in [2.05, 4.69) is 17.2 Å². The molecule has 0 saturated heterocycles. The molecule has 1 amide bonds. The molecule has 0 heterocycles. The van der Waals surface area contributed by atoms with Gasteiger partial charge < -0.3 is 10.4 Å². The van der Waals surface area contributed by atoms with E-state index in [1.807, 2.05) is 54.6 Å². The maximum Gasteiger partial charge on any atom is 0.296 e. The standard InChI is InChI=1S/C17H15NO2/c19-13-16-8-6-15(7-9-16)12-18-17(20)11-10-14-4-2-1-3-5-14/h1-9,19H,12-13H2,(H,18,20). The van der Waals surface area contributed by atoms with Crippen LogP contribution in [0.25, 0.3) is 0 Å². The zero-order valence-corrected chi connectivity index (χ0v) is 11.0. The van der Waals surface area contributed by atoms with Crippen LogP contribution >= 0.6 is 0 Å². The monoisotopic (exact) mass is 265 g/mol. The lowest BCUT2D eigenvalue weighted by molar-refractivity contribution is -0.115. The number of hydrogen-bond donors (Lipinski definition) is 2. The third-order valence-electron chi connectivity index (χ3n) is 2.75. The summed E-state index contributed by atoms with van der Waals surface area (Å²) in [6.07, 6.45) is 0. The van der Waals surface area contributed by atoms with Crippen LogP contribution in [0.4, 0.5) is 0 Å². The van der Waals surface area contributed by atoms with Gasteiger partial charge in [-0.1, -0.05) is 48.4 Å². The molecule has 0 radical (unpaired) electrons. The van der Waals surface area contributed by atoms with Crippen molar-refractivity contribution in [3.63, 3.8) is 0 Å². The van der Waals surface area contributed by atoms with E-state index in [-0.39, 0.29) is 12.5 Å². The van der Waals surface area contributed by atoms with Crippen molar-refractivity contribution >= 4 is 5.91 Å². The molecule has 2 rings (SSSR count). The van der Waals surface area contributed by atoms with Gasteiger partial charge >= 0.3 is 0 Å². The van der Waals surface area contributed by atoms with Gasteiger partial charge in [0.1, 0.15) is 0 Å². The average molecular weight is 265 g/mol. The molecule has 0 unspecified atom stereocenters. The molecular formula is C17H15NO2. The summed E-state index contributed by atoms with van der Waals surface area (Å²) in [7, 11) is 0. The van der Waals surface area contributed by atoms with Crippen molar-refractivity contribution in [2.75, 3.05) is 0 Å². The van der Waals surface area contributed by atoms with Gasteiger partial charge in [-0.05, 0) is 23.3 Å². The number of carbonyl (C=O) groups is 1. The predicted molar refractivity (Wildman–Crippen MR) is 77.5 cm³/mol. The predicted octanol–water partition coefficient (Wildman–Crippen LogP) is 1.85. The van der Waals surface area contributed by atoms with Gasteiger partial charge in [-0.3, -0.25) is 4.79 Å². The van der Waals surface area contributed by atoms with E-state index in [0.717, 1.165) is 16.7 Å². The third-order valence-corrected chi connectivity index (χ3v) is 2.75. The van der Waals surface area contributed by atoms with Crippen LogP contribution in [0.15, 0.2) is 54.6 Å². The second-order valence-electron chi connectivity index (χ2n) is 4.27. The van der Waals surface area contributed by atoms with Gasteiger partial charge in [0.15, 0.2) is 0 Å². The Hall–Kier alpha value is -2.57. The quantitative estimate of drug-likeness (QED) is 0.832. The fourth-order valence-electron chi connectivity index (χ4n) is 1.64. The summed E-state index contributed by atoms with van der Waals surface area (Å²) < 4.78 is 0. The SMILES string of the molecule is O=C(C#Cc1ccccc1)NCc1ccc(CO)cc1. The van der Waals surface area contributed by atoms with E-state index in [9.17, 15) is 4.79 Å². The molecule has 3 nitrogen and oxygen atoms in total. The van der Waals surface area contributed by atoms with Crippen LogP contribution < -0.4 is 5.32 Å². The van der Waals surface area contributed by atoms with Crippen molar-refractivity contribution in [2.45, 2.75) is 13.2 Å². The van der Waals surface area contributed by atoms with Gasteiger partial charge in [0.05, 0.1) is 6.61 Å². The largest absolute Gasteiger partial charge is 0.392 e. The molecule has 2 N–H and O–H groups in total. The molecule has 0 spiro atoms. The highest BCUT2D eigenvalue weighted by Crippen LogP contribution is 2.03. The number of aliphatic hydroxyl groups excluding tert-OH is 1. The number of amides is 1. The van der Waals surface area contributed by atoms with Crippen molar-refractivity contribution in [1.82, 2.24) is 5.32 Å². The number of nitrogens with one attached hydrogen (secondary N) is 1. The summed E-state index contributed by atoms with van der Waals surface area (Å²) >= 11 is 0. The van der Waals surface area contributed by atoms with Crippen LogP contribution in [-0.2, 0) is 17.9 Å². The summed E-state index contributed by atoms with van der Waals surface area (Å²) in [6, 6.07) is 16.8. The first-order chi connectivity index (χ1) is 9.78. The minimum Gasteiger partial charge on any atom is -0.392 e. The molecular weight excluding hydrogens is 250 g/mol. The van der Waals surface area contributed by atoms with Crippen molar-refractivity contribution in [3.05, 3.63) is 71.3 Å². The summed E-state index contributed by atoms with van der Waals surface area (Å²) in [6.45, 7) is 0.448. The van der Waals surface area contributed by atoms with Crippen molar-refractivity contribution in [1.29, 1.82) is 0 Å². The van der Waals surface area contributed by atoms with Crippen LogP contribution in [-0.4, -0.2) is 11.0 Å². The number of hydrogen-bond acceptors (Lipinski definition) is 2. The van der Waals surface area contributed by atoms with Gasteiger partial charge in [-0.15, -0.1) is 0 Å². The highest BCUT2D eigenvalue weighted by molar-refractivity contribution is 5.94. The normalized spacial score (nSPS) is 9.45. The van der Waals surface area contributed by atoms with E-state index in [1.54, 1.807) is 0 Å². The first-order valence-corrected chi connectivity index (χ1v) is 6.31. The van der Waals surface area contributed by atoms with E-state index in [1.165, 1.54) is 0 Å². The molecule has 0 aliphatic carbocycles. The van der Waals surface area contributed by atoms with E-state index in [0.29, 0.717) is 6.54 Å². The Bertz CT molecular complexity index is 622. The van der Waals surface area contributed by atoms with Crippen LogP contribution in [0.2, 0.25) is 0 Å². The first-order valence-electron chi connectivity index (χ1n) is 6.31. The summed E-state index contributed by atoms with van der Waals surface area (Å²) in [4.78, 5) is 11.6. The highest BCUT2D eigenvalue weighted by Gasteiger charge is 1.97. The van der Waals surface area contributed by atoms with Crippen molar-refractivity contribution in [3.8, 4) is 11.8 Å². The molecule has 100 valence electrons. The Morgan fingerprint density at radius 1 is 1.00 bits per heavy atom. The lowest BCUT2D eigenvalue weighted by Gasteiger charge is -2.02. The van der Waals surface area contributed by atoms with E-state index < -0.39 is 0 Å². The molecule has 3 heteroatoms. The third kappa shape index (κ3) is 4.27. The molecule has 2 aromatic carbocycles. The van der Waals surface area contributed by atoms with Crippen LogP contribution in [0.3, 0.4) is 0 Å². The van der Waals surface area contributed by atoms with Gasteiger partial charge in [0, 0.05) is 18.0 Å². The summed E-state index contributed by atoms with van der Waals surface area (Å²) in [5, 5.41) is 11.7. The lowest BCUT2D eigenvalue weighted by atomic mass is 10.1. The van der Waals surface area contributed by atoms with Crippen LogP contribution in [0, 0.1) is 11.8 Å². The highest BCUT2D eigenvalue weighted by atomic mass is 16.3. The number of carbonyl (C=O) groups excluding carboxylic acids is 1. The topological polar surface area (TPSA) is 49.3 Å². The Morgan fingerprint density at radius 2 is 1.65 bits per heavy atom. The molecule has 0 atom stereocenters. The Labute approximate surface area is 118 Å². The number of aliphatic hydroxyl groups is 1. The molecule has 0 aliphatic heterocycles. The van der Waals surface area contributed by atoms with Gasteiger partial charge in [-0.25, -0.2) is 0 Å². The maximum atomic E-state index is 11.6. The molecule has 0 bridgehead atoms. The Kier molecular flexibility index (Phi) is 4.94. The minimum absolute atomic E-state index is 0.0230. The first kappa shape index (κ1) is 13.9. The fourth-order valence-corrected chi connectivity index (χ4v) is 1.64. The lowest BCUT2D eigenvalue weighted by Crippen LogP contribution is -2.20. The van der Waals surface area contributed by atoms with Crippen molar-refractivity contribution < 1.29 is 9.90 Å². The average Bonchev–Trinajstić information content (AvgIpc) is 2.52. The Balaban J connectivity index is 1.87. The Morgan fingerprint density at radius 3 is 2.30 bits per heavy atom. The molecule has 2 aromatic rings. The van der Waals surface area contributed by atoms with Gasteiger partial charge in [0.25, 0.3) is 5.91 Å². The summed E-state index contributed by atoms with van der Waals surface area (Å²) in [5.41, 5.74) is 2.64. The fraction of sp³-hybridized carbons (Fsp3) is 0.118. The molecule has 0 fully saturated rings. The molecule has 0 aliphatic rings. The smallest absolute Gasteiger partial charge is 0.296 e. The second kappa shape index (κ2) is 7.13. The zero-order valence-electron chi connectivity index (χ0n) is 11.0. The maximum absolute atomic E-state index is 11.6. The molecule has 0 aromatic heterocycles. The second-order valence-corrected chi connectivity index (χ2v) is 4.27. The molecule has 20 heavy (non-hydrogen) atoms. The summed E-state index contributed by atoms with van der Waals surface area (Å²) in [5.74, 6) is 5.05. The van der Waals surface area contributed by atoms with Crippen LogP contribution in [0.5, 0.6) is 0 Å². The van der Waals surface area contributed by atoms with E-state index in [4.69, 9.17) is 5.11 Å². The van der Waals surface area contributed by atoms with Crippen molar-refractivity contribution in [2.24, 2.45) is 0 Å². The molecule has 0 saturated carbocycles. The van der Waals surface area contributed by atoms with Crippen LogP contribution in [0.1, 0.15) is 16.7 Å². The van der Waals surface area contributed by atoms with Gasteiger partial charge in [0.2, 0.25) is 0 Å². The zero-order chi connectivity index (χ0) is 14.2. The number of rotatable bonds is 3. The number of benzene rings is 2. The van der Waals surface area contributed by atoms with Gasteiger partial charge in [-0.2, -0.15) is 0 Å². The minimum atomic E-state index is -0.305.